The van der Waals surface area contributed by atoms with Crippen LogP contribution in [0, 0.1) is 5.92 Å². The summed E-state index contributed by atoms with van der Waals surface area (Å²) in [6, 6.07) is 9.22. The third kappa shape index (κ3) is 3.18. The fourth-order valence-electron chi connectivity index (χ4n) is 2.09. The van der Waals surface area contributed by atoms with Crippen molar-refractivity contribution in [2.24, 2.45) is 5.92 Å². The van der Waals surface area contributed by atoms with E-state index in [1.807, 2.05) is 23.7 Å². The molecule has 0 saturated heterocycles. The van der Waals surface area contributed by atoms with Crippen molar-refractivity contribution >= 4 is 11.3 Å². The van der Waals surface area contributed by atoms with Gasteiger partial charge in [-0.05, 0) is 42.0 Å². The van der Waals surface area contributed by atoms with E-state index >= 15 is 0 Å². The number of hydrogen-bond donors (Lipinski definition) is 1. The molecule has 2 nitrogen and oxygen atoms in total. The molecule has 0 radical (unpaired) electrons. The fourth-order valence-corrected chi connectivity index (χ4v) is 3.05. The van der Waals surface area contributed by atoms with Crippen molar-refractivity contribution in [2.45, 2.75) is 32.9 Å². The van der Waals surface area contributed by atoms with Crippen LogP contribution in [-0.4, -0.2) is 4.98 Å². The molecule has 2 atom stereocenters. The van der Waals surface area contributed by atoms with Crippen LogP contribution >= 0.6 is 11.3 Å². The summed E-state index contributed by atoms with van der Waals surface area (Å²) in [5.41, 5.74) is 1.28. The molecular formula is C15H20N2S. The van der Waals surface area contributed by atoms with Gasteiger partial charge in [0.25, 0.3) is 0 Å². The van der Waals surface area contributed by atoms with Crippen molar-refractivity contribution in [1.82, 2.24) is 10.3 Å². The first-order valence-electron chi connectivity index (χ1n) is 6.38. The average Bonchev–Trinajstić information content (AvgIpc) is 2.90. The molecule has 0 aliphatic rings. The van der Waals surface area contributed by atoms with Gasteiger partial charge in [0.15, 0.2) is 0 Å². The molecule has 96 valence electrons. The van der Waals surface area contributed by atoms with E-state index in [9.17, 15) is 0 Å². The predicted octanol–water partition coefficient (Wildman–Crippen LogP) is 4.19. The third-order valence-corrected chi connectivity index (χ3v) is 4.11. The normalized spacial score (nSPS) is 14.7. The summed E-state index contributed by atoms with van der Waals surface area (Å²) in [5, 5.41) is 5.86. The van der Waals surface area contributed by atoms with Gasteiger partial charge in [0.05, 0.1) is 0 Å². The standard InChI is InChI=1S/C15H20N2S/c1-11(2)15(14-5-4-10-18-14)17-12(3)13-6-8-16-9-7-13/h4-12,15,17H,1-3H3. The molecule has 2 rings (SSSR count). The highest BCUT2D eigenvalue weighted by Crippen LogP contribution is 2.28. The molecule has 3 heteroatoms. The molecule has 0 aromatic carbocycles. The van der Waals surface area contributed by atoms with Crippen molar-refractivity contribution in [3.8, 4) is 0 Å². The van der Waals surface area contributed by atoms with Crippen LogP contribution in [0.1, 0.15) is 43.3 Å². The Hall–Kier alpha value is -1.19. The van der Waals surface area contributed by atoms with Gasteiger partial charge in [-0.1, -0.05) is 19.9 Å². The molecule has 0 bridgehead atoms. The highest BCUT2D eigenvalue weighted by molar-refractivity contribution is 7.10. The van der Waals surface area contributed by atoms with Crippen LogP contribution in [0.5, 0.6) is 0 Å². The maximum atomic E-state index is 4.07. The van der Waals surface area contributed by atoms with Crippen LogP contribution in [0.4, 0.5) is 0 Å². The smallest absolute Gasteiger partial charge is 0.0442 e. The van der Waals surface area contributed by atoms with Crippen molar-refractivity contribution in [1.29, 1.82) is 0 Å². The molecule has 18 heavy (non-hydrogen) atoms. The van der Waals surface area contributed by atoms with E-state index in [4.69, 9.17) is 0 Å². The second-order valence-electron chi connectivity index (χ2n) is 4.91. The van der Waals surface area contributed by atoms with E-state index in [1.165, 1.54) is 10.4 Å². The summed E-state index contributed by atoms with van der Waals surface area (Å²) in [6.45, 7) is 6.73. The van der Waals surface area contributed by atoms with Gasteiger partial charge in [0, 0.05) is 29.4 Å². The topological polar surface area (TPSA) is 24.9 Å². The lowest BCUT2D eigenvalue weighted by molar-refractivity contribution is 0.379. The van der Waals surface area contributed by atoms with Crippen LogP contribution in [0.2, 0.25) is 0 Å². The Morgan fingerprint density at radius 1 is 1.11 bits per heavy atom. The van der Waals surface area contributed by atoms with Crippen molar-refractivity contribution in [3.63, 3.8) is 0 Å². The molecule has 0 aliphatic carbocycles. The van der Waals surface area contributed by atoms with Crippen molar-refractivity contribution in [2.75, 3.05) is 0 Å². The summed E-state index contributed by atoms with van der Waals surface area (Å²) in [6.07, 6.45) is 3.70. The fraction of sp³-hybridized carbons (Fsp3) is 0.400. The predicted molar refractivity (Wildman–Crippen MR) is 77.7 cm³/mol. The van der Waals surface area contributed by atoms with Crippen LogP contribution in [0.3, 0.4) is 0 Å². The van der Waals surface area contributed by atoms with E-state index < -0.39 is 0 Å². The zero-order valence-electron chi connectivity index (χ0n) is 11.1. The monoisotopic (exact) mass is 260 g/mol. The molecule has 0 fully saturated rings. The third-order valence-electron chi connectivity index (χ3n) is 3.15. The number of nitrogens with one attached hydrogen (secondary N) is 1. The number of hydrogen-bond acceptors (Lipinski definition) is 3. The summed E-state index contributed by atoms with van der Waals surface area (Å²) in [7, 11) is 0. The molecule has 0 aliphatic heterocycles. The SMILES string of the molecule is CC(NC(c1cccs1)C(C)C)c1ccncc1. The van der Waals surface area contributed by atoms with Crippen LogP contribution in [-0.2, 0) is 0 Å². The molecular weight excluding hydrogens is 240 g/mol. The number of nitrogens with zero attached hydrogens (tertiary/aromatic N) is 1. The lowest BCUT2D eigenvalue weighted by atomic mass is 10.00. The quantitative estimate of drug-likeness (QED) is 0.872. The molecule has 2 unspecified atom stereocenters. The van der Waals surface area contributed by atoms with Gasteiger partial charge < -0.3 is 5.32 Å². The zero-order chi connectivity index (χ0) is 13.0. The first kappa shape index (κ1) is 13.2. The Balaban J connectivity index is 2.11. The van der Waals surface area contributed by atoms with E-state index in [-0.39, 0.29) is 0 Å². The molecule has 0 amide bonds. The molecule has 0 spiro atoms. The zero-order valence-corrected chi connectivity index (χ0v) is 11.9. The Morgan fingerprint density at radius 3 is 2.39 bits per heavy atom. The molecule has 2 aromatic heterocycles. The van der Waals surface area contributed by atoms with E-state index in [0.29, 0.717) is 18.0 Å². The van der Waals surface area contributed by atoms with Gasteiger partial charge in [-0.2, -0.15) is 0 Å². The summed E-state index contributed by atoms with van der Waals surface area (Å²) < 4.78 is 0. The first-order valence-corrected chi connectivity index (χ1v) is 7.26. The van der Waals surface area contributed by atoms with E-state index in [0.717, 1.165) is 0 Å². The summed E-state index contributed by atoms with van der Waals surface area (Å²) >= 11 is 1.82. The van der Waals surface area contributed by atoms with Gasteiger partial charge in [0.2, 0.25) is 0 Å². The second-order valence-corrected chi connectivity index (χ2v) is 5.89. The van der Waals surface area contributed by atoms with Gasteiger partial charge in [-0.25, -0.2) is 0 Å². The highest BCUT2D eigenvalue weighted by atomic mass is 32.1. The lowest BCUT2D eigenvalue weighted by Gasteiger charge is -2.26. The number of thiophene rings is 1. The summed E-state index contributed by atoms with van der Waals surface area (Å²) in [5.74, 6) is 0.577. The Kier molecular flexibility index (Phi) is 4.50. The summed E-state index contributed by atoms with van der Waals surface area (Å²) in [4.78, 5) is 5.47. The minimum atomic E-state index is 0.336. The largest absolute Gasteiger partial charge is 0.302 e. The van der Waals surface area contributed by atoms with Crippen LogP contribution in [0.25, 0.3) is 0 Å². The maximum Gasteiger partial charge on any atom is 0.0442 e. The van der Waals surface area contributed by atoms with Crippen molar-refractivity contribution < 1.29 is 0 Å². The van der Waals surface area contributed by atoms with Crippen molar-refractivity contribution in [3.05, 3.63) is 52.5 Å². The molecule has 2 aromatic rings. The van der Waals surface area contributed by atoms with E-state index in [2.05, 4.69) is 60.7 Å². The van der Waals surface area contributed by atoms with E-state index in [1.54, 1.807) is 0 Å². The number of aromatic nitrogens is 1. The Labute approximate surface area is 113 Å². The molecule has 2 heterocycles. The molecule has 1 N–H and O–H groups in total. The first-order chi connectivity index (χ1) is 8.68. The average molecular weight is 260 g/mol. The highest BCUT2D eigenvalue weighted by Gasteiger charge is 2.19. The van der Waals surface area contributed by atoms with Crippen LogP contribution in [0.15, 0.2) is 42.0 Å². The molecule has 0 saturated carbocycles. The maximum absolute atomic E-state index is 4.07. The van der Waals surface area contributed by atoms with Gasteiger partial charge >= 0.3 is 0 Å². The van der Waals surface area contributed by atoms with Gasteiger partial charge in [-0.3, -0.25) is 4.98 Å². The van der Waals surface area contributed by atoms with Crippen LogP contribution < -0.4 is 5.32 Å². The minimum Gasteiger partial charge on any atom is -0.302 e. The van der Waals surface area contributed by atoms with Gasteiger partial charge in [0.1, 0.15) is 0 Å². The Morgan fingerprint density at radius 2 is 1.83 bits per heavy atom. The lowest BCUT2D eigenvalue weighted by Crippen LogP contribution is -2.27. The second kappa shape index (κ2) is 6.12. The van der Waals surface area contributed by atoms with Gasteiger partial charge in [-0.15, -0.1) is 11.3 Å². The Bertz CT molecular complexity index is 451. The number of rotatable bonds is 5. The minimum absolute atomic E-state index is 0.336. The number of pyridine rings is 1.